The van der Waals surface area contributed by atoms with Crippen LogP contribution in [0.3, 0.4) is 0 Å². The van der Waals surface area contributed by atoms with Crippen LogP contribution in [0.4, 0.5) is 4.79 Å². The van der Waals surface area contributed by atoms with Gasteiger partial charge in [-0.25, -0.2) is 4.79 Å². The highest BCUT2D eigenvalue weighted by atomic mass is 16.6. The third-order valence-corrected chi connectivity index (χ3v) is 7.88. The summed E-state index contributed by atoms with van der Waals surface area (Å²) in [4.78, 5) is 15.3. The molecule has 3 fully saturated rings. The fraction of sp³-hybridized carbons (Fsp3) is 0.552. The second-order valence-electron chi connectivity index (χ2n) is 11.4. The van der Waals surface area contributed by atoms with E-state index in [1.54, 1.807) is 0 Å². The molecule has 5 nitrogen and oxygen atoms in total. The number of aryl methyl sites for hydroxylation is 1. The maximum atomic E-state index is 12.9. The molecule has 0 spiro atoms. The van der Waals surface area contributed by atoms with Gasteiger partial charge in [-0.05, 0) is 104 Å². The van der Waals surface area contributed by atoms with Gasteiger partial charge in [-0.3, -0.25) is 4.90 Å². The van der Waals surface area contributed by atoms with Gasteiger partial charge < -0.3 is 14.8 Å². The molecule has 6 rings (SSSR count). The van der Waals surface area contributed by atoms with Crippen molar-refractivity contribution in [3.8, 4) is 16.9 Å². The molecule has 182 valence electrons. The molecule has 0 saturated carbocycles. The van der Waals surface area contributed by atoms with Gasteiger partial charge in [0, 0.05) is 6.54 Å². The van der Waals surface area contributed by atoms with Crippen LogP contribution in [0.5, 0.6) is 5.75 Å². The minimum Gasteiger partial charge on any atom is -0.491 e. The van der Waals surface area contributed by atoms with E-state index in [4.69, 9.17) is 9.47 Å². The van der Waals surface area contributed by atoms with E-state index in [0.29, 0.717) is 5.92 Å². The number of rotatable bonds is 5. The molecule has 2 aromatic carbocycles. The quantitative estimate of drug-likeness (QED) is 0.602. The number of carbonyl (C=O) groups is 1. The minimum absolute atomic E-state index is 0.0273. The second kappa shape index (κ2) is 8.92. The normalized spacial score (nSPS) is 26.9. The van der Waals surface area contributed by atoms with Crippen molar-refractivity contribution in [3.63, 3.8) is 0 Å². The number of nitrogens with one attached hydrogen (secondary N) is 1. The summed E-state index contributed by atoms with van der Waals surface area (Å²) in [6.45, 7) is 13.9. The summed E-state index contributed by atoms with van der Waals surface area (Å²) in [7, 11) is 0. The Morgan fingerprint density at radius 2 is 1.88 bits per heavy atom. The van der Waals surface area contributed by atoms with Gasteiger partial charge >= 0.3 is 6.09 Å². The van der Waals surface area contributed by atoms with Crippen molar-refractivity contribution in [1.82, 2.24) is 10.2 Å². The first-order valence-corrected chi connectivity index (χ1v) is 12.8. The number of carbonyl (C=O) groups excluding carboxylic acids is 1. The number of benzene rings is 2. The van der Waals surface area contributed by atoms with Gasteiger partial charge in [0.05, 0.1) is 12.1 Å². The number of hydrogen-bond acceptors (Lipinski definition) is 4. The first-order chi connectivity index (χ1) is 16.2. The number of hydrogen-bond donors (Lipinski definition) is 1. The molecular formula is C29H38N2O3. The predicted molar refractivity (Wildman–Crippen MR) is 135 cm³/mol. The van der Waals surface area contributed by atoms with E-state index in [0.717, 1.165) is 44.6 Å². The molecule has 2 aromatic rings. The lowest BCUT2D eigenvalue weighted by Gasteiger charge is -2.44. The van der Waals surface area contributed by atoms with Crippen molar-refractivity contribution >= 4 is 6.09 Å². The maximum absolute atomic E-state index is 12.9. The SMILES string of the molecule is Cc1cc(OC(C)C)ccc1-c1ccc2c(c1)CC(C)(C)[C@H]2NC(=O)O[C@H]1CN2CCC1CC2. The molecule has 3 heterocycles. The molecule has 1 N–H and O–H groups in total. The Balaban J connectivity index is 1.32. The third kappa shape index (κ3) is 4.55. The van der Waals surface area contributed by atoms with Gasteiger partial charge in [-0.2, -0.15) is 0 Å². The Kier molecular flexibility index (Phi) is 6.09. The standard InChI is InChI=1S/C29H38N2O3/c1-18(2)33-23-7-9-24(19(3)14-23)21-6-8-25-22(15-21)16-29(4,5)27(25)30-28(32)34-26-17-31-12-10-20(26)11-13-31/h6-9,14-15,18,20,26-27H,10-13,16-17H2,1-5H3,(H,30,32)/t26-,27-/m0/s1. The molecule has 1 aliphatic carbocycles. The zero-order valence-corrected chi connectivity index (χ0v) is 21.2. The summed E-state index contributed by atoms with van der Waals surface area (Å²) < 4.78 is 11.8. The van der Waals surface area contributed by atoms with Crippen molar-refractivity contribution in [1.29, 1.82) is 0 Å². The van der Waals surface area contributed by atoms with Gasteiger partial charge in [0.15, 0.2) is 0 Å². The van der Waals surface area contributed by atoms with Crippen LogP contribution in [0, 0.1) is 18.3 Å². The maximum Gasteiger partial charge on any atom is 0.407 e. The van der Waals surface area contributed by atoms with E-state index in [-0.39, 0.29) is 29.8 Å². The summed E-state index contributed by atoms with van der Waals surface area (Å²) in [5.74, 6) is 1.42. The van der Waals surface area contributed by atoms with E-state index < -0.39 is 0 Å². The summed E-state index contributed by atoms with van der Waals surface area (Å²) >= 11 is 0. The van der Waals surface area contributed by atoms with Crippen LogP contribution in [0.15, 0.2) is 36.4 Å². The van der Waals surface area contributed by atoms with Gasteiger partial charge in [-0.15, -0.1) is 0 Å². The van der Waals surface area contributed by atoms with Gasteiger partial charge in [0.1, 0.15) is 11.9 Å². The molecule has 34 heavy (non-hydrogen) atoms. The zero-order chi connectivity index (χ0) is 24.0. The lowest BCUT2D eigenvalue weighted by molar-refractivity contribution is -0.0348. The largest absolute Gasteiger partial charge is 0.491 e. The van der Waals surface area contributed by atoms with Crippen LogP contribution in [0.2, 0.25) is 0 Å². The second-order valence-corrected chi connectivity index (χ2v) is 11.4. The zero-order valence-electron chi connectivity index (χ0n) is 21.2. The summed E-state index contributed by atoms with van der Waals surface area (Å²) in [5.41, 5.74) is 6.06. The molecule has 1 amide bonds. The number of alkyl carbamates (subject to hydrolysis) is 1. The summed E-state index contributed by atoms with van der Waals surface area (Å²) in [5, 5.41) is 3.23. The third-order valence-electron chi connectivity index (χ3n) is 7.88. The number of fused-ring (bicyclic) bond motifs is 4. The topological polar surface area (TPSA) is 50.8 Å². The highest BCUT2D eigenvalue weighted by Gasteiger charge is 2.42. The Morgan fingerprint density at radius 3 is 2.53 bits per heavy atom. The predicted octanol–water partition coefficient (Wildman–Crippen LogP) is 5.89. The van der Waals surface area contributed by atoms with E-state index >= 15 is 0 Å². The molecule has 4 aliphatic rings. The monoisotopic (exact) mass is 462 g/mol. The van der Waals surface area contributed by atoms with Gasteiger partial charge in [0.2, 0.25) is 0 Å². The van der Waals surface area contributed by atoms with Crippen LogP contribution in [-0.2, 0) is 11.2 Å². The number of piperidine rings is 3. The van der Waals surface area contributed by atoms with E-state index in [9.17, 15) is 4.79 Å². The first kappa shape index (κ1) is 23.2. The Hall–Kier alpha value is -2.53. The smallest absolute Gasteiger partial charge is 0.407 e. The fourth-order valence-corrected chi connectivity index (χ4v) is 6.13. The van der Waals surface area contributed by atoms with E-state index in [1.807, 2.05) is 19.9 Å². The average molecular weight is 463 g/mol. The Labute approximate surface area is 203 Å². The molecular weight excluding hydrogens is 424 g/mol. The lowest BCUT2D eigenvalue weighted by Crippen LogP contribution is -2.53. The minimum atomic E-state index is -0.273. The van der Waals surface area contributed by atoms with Crippen molar-refractivity contribution in [2.45, 2.75) is 72.1 Å². The number of nitrogens with zero attached hydrogens (tertiary/aromatic N) is 1. The molecule has 5 heteroatoms. The average Bonchev–Trinajstić information content (AvgIpc) is 3.03. The Bertz CT molecular complexity index is 1070. The summed E-state index contributed by atoms with van der Waals surface area (Å²) in [6, 6.07) is 12.9. The molecule has 0 aromatic heterocycles. The highest BCUT2D eigenvalue weighted by molar-refractivity contribution is 5.72. The molecule has 2 atom stereocenters. The molecule has 0 unspecified atom stereocenters. The van der Waals surface area contributed by atoms with Gasteiger partial charge in [0.25, 0.3) is 0 Å². The van der Waals surface area contributed by atoms with Crippen molar-refractivity contribution < 1.29 is 14.3 Å². The molecule has 3 saturated heterocycles. The van der Waals surface area contributed by atoms with Crippen LogP contribution >= 0.6 is 0 Å². The Morgan fingerprint density at radius 1 is 1.12 bits per heavy atom. The van der Waals surface area contributed by atoms with Crippen LogP contribution in [-0.4, -0.2) is 42.8 Å². The molecule has 2 bridgehead atoms. The van der Waals surface area contributed by atoms with Crippen molar-refractivity contribution in [2.24, 2.45) is 11.3 Å². The molecule has 0 radical (unpaired) electrons. The van der Waals surface area contributed by atoms with Crippen molar-refractivity contribution in [3.05, 3.63) is 53.1 Å². The van der Waals surface area contributed by atoms with E-state index in [1.165, 1.54) is 27.8 Å². The number of ether oxygens (including phenoxy) is 2. The van der Waals surface area contributed by atoms with Crippen LogP contribution < -0.4 is 10.1 Å². The van der Waals surface area contributed by atoms with E-state index in [2.05, 4.69) is 61.3 Å². The summed E-state index contributed by atoms with van der Waals surface area (Å²) in [6.07, 6.45) is 3.12. The van der Waals surface area contributed by atoms with Crippen LogP contribution in [0.1, 0.15) is 63.3 Å². The fourth-order valence-electron chi connectivity index (χ4n) is 6.13. The van der Waals surface area contributed by atoms with Crippen LogP contribution in [0.25, 0.3) is 11.1 Å². The van der Waals surface area contributed by atoms with Gasteiger partial charge in [-0.1, -0.05) is 38.1 Å². The number of amides is 1. The highest BCUT2D eigenvalue weighted by Crippen LogP contribution is 2.46. The molecule has 3 aliphatic heterocycles. The first-order valence-electron chi connectivity index (χ1n) is 12.8. The van der Waals surface area contributed by atoms with Crippen molar-refractivity contribution in [2.75, 3.05) is 19.6 Å². The lowest BCUT2D eigenvalue weighted by atomic mass is 9.85.